The van der Waals surface area contributed by atoms with Gasteiger partial charge in [0.2, 0.25) is 5.92 Å². The lowest BCUT2D eigenvalue weighted by Crippen LogP contribution is -2.43. The van der Waals surface area contributed by atoms with Gasteiger partial charge in [-0.05, 0) is 6.07 Å². The highest BCUT2D eigenvalue weighted by molar-refractivity contribution is 5.85. The van der Waals surface area contributed by atoms with Crippen LogP contribution in [0, 0.1) is 5.92 Å². The molecule has 0 radical (unpaired) electrons. The van der Waals surface area contributed by atoms with E-state index in [4.69, 9.17) is 4.74 Å². The summed E-state index contributed by atoms with van der Waals surface area (Å²) >= 11 is 0. The van der Waals surface area contributed by atoms with Crippen LogP contribution in [0.25, 0.3) is 0 Å². The first kappa shape index (κ1) is 16.3. The Morgan fingerprint density at radius 1 is 1.10 bits per heavy atom. The minimum Gasteiger partial charge on any atom is -0.496 e. The third-order valence-corrected chi connectivity index (χ3v) is 2.53. The van der Waals surface area contributed by atoms with Crippen molar-refractivity contribution in [2.75, 3.05) is 7.11 Å². The van der Waals surface area contributed by atoms with E-state index >= 15 is 0 Å². The third-order valence-electron chi connectivity index (χ3n) is 2.53. The summed E-state index contributed by atoms with van der Waals surface area (Å²) in [6.07, 6.45) is -12.3. The second kappa shape index (κ2) is 5.72. The van der Waals surface area contributed by atoms with Gasteiger partial charge >= 0.3 is 12.4 Å². The summed E-state index contributed by atoms with van der Waals surface area (Å²) in [5, 5.41) is 0. The second-order valence-electron chi connectivity index (χ2n) is 3.97. The Balaban J connectivity index is 3.04. The van der Waals surface area contributed by atoms with Crippen LogP contribution in [-0.2, 0) is 11.2 Å². The summed E-state index contributed by atoms with van der Waals surface area (Å²) in [6.45, 7) is 0. The van der Waals surface area contributed by atoms with Crippen molar-refractivity contribution >= 4 is 5.78 Å². The number of para-hydroxylation sites is 1. The molecule has 0 aliphatic rings. The number of methoxy groups -OCH3 is 1. The van der Waals surface area contributed by atoms with Gasteiger partial charge in [-0.3, -0.25) is 4.79 Å². The second-order valence-corrected chi connectivity index (χ2v) is 3.97. The number of carbonyl (C=O) groups excluding carboxylic acids is 1. The van der Waals surface area contributed by atoms with E-state index in [1.807, 2.05) is 0 Å². The third kappa shape index (κ3) is 3.88. The average molecular weight is 300 g/mol. The van der Waals surface area contributed by atoms with Crippen LogP contribution in [0.3, 0.4) is 0 Å². The standard InChI is InChI=1S/C12H10F6O2/c1-20-9-5-3-2-4-7(9)6-8(19)10(11(13,14)15)12(16,17)18/h2-5,10H,6H2,1H3. The molecule has 0 atom stereocenters. The highest BCUT2D eigenvalue weighted by atomic mass is 19.4. The van der Waals surface area contributed by atoms with Crippen molar-refractivity contribution in [3.05, 3.63) is 29.8 Å². The number of hydrogen-bond donors (Lipinski definition) is 0. The molecule has 0 bridgehead atoms. The van der Waals surface area contributed by atoms with Crippen LogP contribution in [0.1, 0.15) is 5.56 Å². The van der Waals surface area contributed by atoms with Crippen molar-refractivity contribution in [1.29, 1.82) is 0 Å². The van der Waals surface area contributed by atoms with Crippen molar-refractivity contribution in [3.8, 4) is 5.75 Å². The number of hydrogen-bond acceptors (Lipinski definition) is 2. The Morgan fingerprint density at radius 2 is 1.60 bits per heavy atom. The monoisotopic (exact) mass is 300 g/mol. The molecule has 0 amide bonds. The molecular weight excluding hydrogens is 290 g/mol. The molecule has 1 aromatic carbocycles. The minimum absolute atomic E-state index is 0.0292. The highest BCUT2D eigenvalue weighted by Crippen LogP contribution is 2.40. The molecule has 0 aromatic heterocycles. The molecule has 2 nitrogen and oxygen atoms in total. The number of ether oxygens (including phenoxy) is 1. The van der Waals surface area contributed by atoms with Gasteiger partial charge in [-0.2, -0.15) is 26.3 Å². The molecule has 20 heavy (non-hydrogen) atoms. The van der Waals surface area contributed by atoms with Crippen molar-refractivity contribution in [2.24, 2.45) is 5.92 Å². The summed E-state index contributed by atoms with van der Waals surface area (Å²) in [4.78, 5) is 11.4. The predicted molar refractivity (Wildman–Crippen MR) is 57.3 cm³/mol. The number of rotatable bonds is 4. The lowest BCUT2D eigenvalue weighted by Gasteiger charge is -2.22. The van der Waals surface area contributed by atoms with Crippen LogP contribution in [0.4, 0.5) is 26.3 Å². The molecular formula is C12H10F6O2. The Kier molecular flexibility index (Phi) is 4.67. The molecule has 0 N–H and O–H groups in total. The van der Waals surface area contributed by atoms with Crippen molar-refractivity contribution in [2.45, 2.75) is 18.8 Å². The molecule has 0 heterocycles. The Labute approximate surface area is 110 Å². The zero-order valence-electron chi connectivity index (χ0n) is 10.2. The first-order valence-corrected chi connectivity index (χ1v) is 5.35. The predicted octanol–water partition coefficient (Wildman–Crippen LogP) is 3.55. The largest absolute Gasteiger partial charge is 0.496 e. The lowest BCUT2D eigenvalue weighted by atomic mass is 9.96. The van der Waals surface area contributed by atoms with Gasteiger partial charge in [-0.25, -0.2) is 0 Å². The maximum Gasteiger partial charge on any atom is 0.407 e. The lowest BCUT2D eigenvalue weighted by molar-refractivity contribution is -0.273. The molecule has 0 saturated heterocycles. The normalized spacial score (nSPS) is 12.6. The van der Waals surface area contributed by atoms with Crippen molar-refractivity contribution < 1.29 is 35.9 Å². The Hall–Kier alpha value is -1.73. The molecule has 8 heteroatoms. The van der Waals surface area contributed by atoms with E-state index < -0.39 is 30.5 Å². The van der Waals surface area contributed by atoms with Gasteiger partial charge in [0, 0.05) is 12.0 Å². The fraction of sp³-hybridized carbons (Fsp3) is 0.417. The van der Waals surface area contributed by atoms with E-state index in [-0.39, 0.29) is 11.3 Å². The van der Waals surface area contributed by atoms with E-state index in [9.17, 15) is 31.1 Å². The number of carbonyl (C=O) groups is 1. The van der Waals surface area contributed by atoms with Crippen molar-refractivity contribution in [3.63, 3.8) is 0 Å². The van der Waals surface area contributed by atoms with Crippen LogP contribution in [-0.4, -0.2) is 25.2 Å². The van der Waals surface area contributed by atoms with Gasteiger partial charge in [0.05, 0.1) is 7.11 Å². The molecule has 0 fully saturated rings. The molecule has 0 saturated carbocycles. The van der Waals surface area contributed by atoms with Crippen LogP contribution in [0.15, 0.2) is 24.3 Å². The minimum atomic E-state index is -5.67. The molecule has 1 rings (SSSR count). The quantitative estimate of drug-likeness (QED) is 0.795. The molecule has 0 spiro atoms. The summed E-state index contributed by atoms with van der Waals surface area (Å²) < 4.78 is 79.1. The summed E-state index contributed by atoms with van der Waals surface area (Å²) in [7, 11) is 1.20. The van der Waals surface area contributed by atoms with Gasteiger partial charge in [0.25, 0.3) is 0 Å². The molecule has 0 unspecified atom stereocenters. The van der Waals surface area contributed by atoms with Crippen molar-refractivity contribution in [1.82, 2.24) is 0 Å². The van der Waals surface area contributed by atoms with E-state index in [2.05, 4.69) is 0 Å². The van der Waals surface area contributed by atoms with E-state index in [0.717, 1.165) is 0 Å². The van der Waals surface area contributed by atoms with Crippen LogP contribution in [0.2, 0.25) is 0 Å². The van der Waals surface area contributed by atoms with E-state index in [1.54, 1.807) is 0 Å². The van der Waals surface area contributed by atoms with Gasteiger partial charge in [-0.15, -0.1) is 0 Å². The van der Waals surface area contributed by atoms with Gasteiger partial charge < -0.3 is 4.74 Å². The molecule has 0 aliphatic carbocycles. The van der Waals surface area contributed by atoms with E-state index in [1.165, 1.54) is 31.4 Å². The topological polar surface area (TPSA) is 26.3 Å². The summed E-state index contributed by atoms with van der Waals surface area (Å²) in [6, 6.07) is 5.46. The zero-order chi connectivity index (χ0) is 15.6. The summed E-state index contributed by atoms with van der Waals surface area (Å²) in [5.41, 5.74) is -0.0292. The number of alkyl halides is 6. The van der Waals surface area contributed by atoms with E-state index in [0.29, 0.717) is 0 Å². The smallest absolute Gasteiger partial charge is 0.407 e. The Morgan fingerprint density at radius 3 is 2.05 bits per heavy atom. The van der Waals surface area contributed by atoms with Crippen LogP contribution >= 0.6 is 0 Å². The molecule has 112 valence electrons. The van der Waals surface area contributed by atoms with Crippen LogP contribution < -0.4 is 4.74 Å². The fourth-order valence-electron chi connectivity index (χ4n) is 1.69. The average Bonchev–Trinajstić information content (AvgIpc) is 2.25. The maximum atomic E-state index is 12.4. The first-order chi connectivity index (χ1) is 9.07. The fourth-order valence-corrected chi connectivity index (χ4v) is 1.69. The van der Waals surface area contributed by atoms with Gasteiger partial charge in [0.1, 0.15) is 5.75 Å². The number of ketones is 1. The van der Waals surface area contributed by atoms with Gasteiger partial charge in [0.15, 0.2) is 5.78 Å². The number of benzene rings is 1. The number of Topliss-reactive ketones (excluding diaryl/α,β-unsaturated/α-hetero) is 1. The summed E-state index contributed by atoms with van der Waals surface area (Å²) in [5.74, 6) is -5.89. The van der Waals surface area contributed by atoms with Crippen LogP contribution in [0.5, 0.6) is 5.75 Å². The highest BCUT2D eigenvalue weighted by Gasteiger charge is 2.60. The zero-order valence-corrected chi connectivity index (χ0v) is 10.2. The first-order valence-electron chi connectivity index (χ1n) is 5.35. The van der Waals surface area contributed by atoms with Gasteiger partial charge in [-0.1, -0.05) is 18.2 Å². The molecule has 0 aliphatic heterocycles. The Bertz CT molecular complexity index is 464. The SMILES string of the molecule is COc1ccccc1CC(=O)C(C(F)(F)F)C(F)(F)F. The maximum absolute atomic E-state index is 12.4. The number of halogens is 6. The molecule has 1 aromatic rings.